The van der Waals surface area contributed by atoms with Gasteiger partial charge in [0.2, 0.25) is 0 Å². The van der Waals surface area contributed by atoms with Crippen LogP contribution in [-0.2, 0) is 4.79 Å². The molecule has 39 heavy (non-hydrogen) atoms. The summed E-state index contributed by atoms with van der Waals surface area (Å²) in [5.74, 6) is 2.50. The lowest BCUT2D eigenvalue weighted by Gasteiger charge is -2.32. The number of ether oxygens (including phenoxy) is 3. The first-order chi connectivity index (χ1) is 18.9. The Bertz CT molecular complexity index is 1460. The summed E-state index contributed by atoms with van der Waals surface area (Å²) in [4.78, 5) is 27.8. The van der Waals surface area contributed by atoms with Gasteiger partial charge in [0, 0.05) is 30.5 Å². The van der Waals surface area contributed by atoms with Gasteiger partial charge in [-0.15, -0.1) is 0 Å². The molecule has 1 fully saturated rings. The number of benzene rings is 2. The van der Waals surface area contributed by atoms with Gasteiger partial charge in [0.05, 0.1) is 30.3 Å². The highest BCUT2D eigenvalue weighted by molar-refractivity contribution is 5.96. The van der Waals surface area contributed by atoms with Gasteiger partial charge in [-0.25, -0.2) is 9.97 Å². The average molecular weight is 530 g/mol. The van der Waals surface area contributed by atoms with Crippen molar-refractivity contribution in [1.82, 2.24) is 19.9 Å². The van der Waals surface area contributed by atoms with Crippen LogP contribution in [-0.4, -0.2) is 63.3 Å². The number of carbonyl (C=O) groups excluding carboxylic acids is 1. The maximum absolute atomic E-state index is 13.0. The molecule has 2 aromatic heterocycles. The van der Waals surface area contributed by atoms with Crippen LogP contribution in [0.1, 0.15) is 25.5 Å². The Morgan fingerprint density at radius 2 is 1.97 bits per heavy atom. The van der Waals surface area contributed by atoms with Crippen molar-refractivity contribution in [3.8, 4) is 23.0 Å². The summed E-state index contributed by atoms with van der Waals surface area (Å²) in [7, 11) is 1.57. The molecule has 2 atom stereocenters. The van der Waals surface area contributed by atoms with Gasteiger partial charge in [-0.05, 0) is 63.1 Å². The lowest BCUT2D eigenvalue weighted by atomic mass is 10.1. The Morgan fingerprint density at radius 3 is 2.74 bits per heavy atom. The van der Waals surface area contributed by atoms with Crippen molar-refractivity contribution in [2.45, 2.75) is 38.9 Å². The fraction of sp³-hybridized carbons (Fsp3) is 0.310. The molecule has 0 aliphatic carbocycles. The van der Waals surface area contributed by atoms with Gasteiger partial charge >= 0.3 is 0 Å². The molecule has 1 aliphatic rings. The zero-order valence-electron chi connectivity index (χ0n) is 22.1. The fourth-order valence-electron chi connectivity index (χ4n) is 4.53. The highest BCUT2D eigenvalue weighted by Crippen LogP contribution is 2.37. The summed E-state index contributed by atoms with van der Waals surface area (Å²) in [6.07, 6.45) is 3.35. The first-order valence-electron chi connectivity index (χ1n) is 12.8. The molecule has 0 unspecified atom stereocenters. The van der Waals surface area contributed by atoms with Crippen LogP contribution >= 0.6 is 0 Å². The van der Waals surface area contributed by atoms with E-state index < -0.39 is 12.2 Å². The minimum atomic E-state index is -0.748. The van der Waals surface area contributed by atoms with E-state index in [9.17, 15) is 9.90 Å². The van der Waals surface area contributed by atoms with Crippen LogP contribution in [0.2, 0.25) is 0 Å². The molecule has 3 heterocycles. The maximum Gasteiger partial charge on any atom is 0.263 e. The van der Waals surface area contributed by atoms with Gasteiger partial charge in [0.1, 0.15) is 23.6 Å². The van der Waals surface area contributed by atoms with Crippen LogP contribution in [0.25, 0.3) is 10.9 Å². The van der Waals surface area contributed by atoms with E-state index in [1.807, 2.05) is 43.3 Å². The maximum atomic E-state index is 13.0. The molecular weight excluding hydrogens is 498 g/mol. The number of hydrogen-bond donors (Lipinski definition) is 2. The number of methoxy groups -OCH3 is 1. The third kappa shape index (κ3) is 6.01. The van der Waals surface area contributed by atoms with Gasteiger partial charge in [-0.2, -0.15) is 0 Å². The number of aryl methyl sites for hydroxylation is 1. The number of aliphatic hydroxyl groups excluding tert-OH is 1. The molecule has 0 radical (unpaired) electrons. The van der Waals surface area contributed by atoms with Crippen molar-refractivity contribution < 1.29 is 24.1 Å². The molecule has 202 valence electrons. The van der Waals surface area contributed by atoms with Crippen LogP contribution in [0.5, 0.6) is 23.0 Å². The van der Waals surface area contributed by atoms with Crippen LogP contribution in [0.4, 0.5) is 11.5 Å². The SMILES string of the molecule is COc1cc(Nc2ncnc3cccc(O[C@H](C)C(=O)N4CCC[C@@H](O)C4)c23)ccc1Oc1ccc(C)nc1. The number of hydrogen-bond acceptors (Lipinski definition) is 9. The fourth-order valence-corrected chi connectivity index (χ4v) is 4.53. The third-order valence-corrected chi connectivity index (χ3v) is 6.52. The number of anilines is 2. The van der Waals surface area contributed by atoms with E-state index in [0.717, 1.165) is 12.1 Å². The number of carbonyl (C=O) groups is 1. The third-order valence-electron chi connectivity index (χ3n) is 6.52. The lowest BCUT2D eigenvalue weighted by molar-refractivity contribution is -0.140. The van der Waals surface area contributed by atoms with Crippen LogP contribution < -0.4 is 19.5 Å². The van der Waals surface area contributed by atoms with E-state index in [-0.39, 0.29) is 5.91 Å². The Labute approximate surface area is 226 Å². The molecule has 0 bridgehead atoms. The van der Waals surface area contributed by atoms with Crippen molar-refractivity contribution in [3.63, 3.8) is 0 Å². The monoisotopic (exact) mass is 529 g/mol. The number of aliphatic hydroxyl groups is 1. The number of nitrogens with one attached hydrogen (secondary N) is 1. The second-order valence-electron chi connectivity index (χ2n) is 9.44. The standard InChI is InChI=1S/C29H31N5O5/c1-18-9-11-22(15-30-18)39-24-12-10-20(14-26(24)37-3)33-28-27-23(31-17-32-28)7-4-8-25(27)38-19(2)29(36)34-13-5-6-21(35)16-34/h4,7-12,14-15,17,19,21,35H,5-6,13,16H2,1-3H3,(H,31,32,33)/t19-,21-/m1/s1. The number of pyridine rings is 1. The van der Waals surface area contributed by atoms with E-state index in [0.29, 0.717) is 64.9 Å². The summed E-state index contributed by atoms with van der Waals surface area (Å²) in [6.45, 7) is 4.56. The van der Waals surface area contributed by atoms with E-state index in [4.69, 9.17) is 14.2 Å². The number of nitrogens with zero attached hydrogens (tertiary/aromatic N) is 4. The second-order valence-corrected chi connectivity index (χ2v) is 9.44. The Morgan fingerprint density at radius 1 is 1.10 bits per heavy atom. The van der Waals surface area contributed by atoms with Crippen molar-refractivity contribution in [3.05, 3.63) is 66.7 Å². The Hall–Kier alpha value is -4.44. The van der Waals surface area contributed by atoms with Crippen LogP contribution in [0.15, 0.2) is 61.1 Å². The molecule has 2 aromatic carbocycles. The first kappa shape index (κ1) is 26.2. The molecule has 1 amide bonds. The van der Waals surface area contributed by atoms with Crippen molar-refractivity contribution in [1.29, 1.82) is 0 Å². The topological polar surface area (TPSA) is 119 Å². The number of rotatable bonds is 8. The molecular formula is C29H31N5O5. The van der Waals surface area contributed by atoms with Gasteiger partial charge in [-0.3, -0.25) is 9.78 Å². The number of piperidine rings is 1. The highest BCUT2D eigenvalue weighted by Gasteiger charge is 2.27. The molecule has 4 aromatic rings. The summed E-state index contributed by atoms with van der Waals surface area (Å²) in [5.41, 5.74) is 2.28. The predicted molar refractivity (Wildman–Crippen MR) is 147 cm³/mol. The zero-order valence-corrected chi connectivity index (χ0v) is 22.1. The molecule has 5 rings (SSSR count). The molecule has 0 saturated carbocycles. The van der Waals surface area contributed by atoms with Gasteiger partial charge in [0.15, 0.2) is 17.6 Å². The second kappa shape index (κ2) is 11.5. The zero-order chi connectivity index (χ0) is 27.4. The first-order valence-corrected chi connectivity index (χ1v) is 12.8. The summed E-state index contributed by atoms with van der Waals surface area (Å²) < 4.78 is 17.7. The number of aromatic nitrogens is 3. The van der Waals surface area contributed by atoms with Crippen molar-refractivity contribution in [2.75, 3.05) is 25.5 Å². The summed E-state index contributed by atoms with van der Waals surface area (Å²) >= 11 is 0. The quantitative estimate of drug-likeness (QED) is 0.337. The van der Waals surface area contributed by atoms with E-state index in [2.05, 4.69) is 20.3 Å². The summed E-state index contributed by atoms with van der Waals surface area (Å²) in [5, 5.41) is 13.9. The summed E-state index contributed by atoms with van der Waals surface area (Å²) in [6, 6.07) is 14.7. The van der Waals surface area contributed by atoms with E-state index in [1.165, 1.54) is 6.33 Å². The van der Waals surface area contributed by atoms with Gasteiger partial charge in [-0.1, -0.05) is 6.07 Å². The molecule has 1 aliphatic heterocycles. The number of β-amino-alcohol motifs (C(OH)–C–C–N with tert-alkyl or cyclic N) is 1. The number of likely N-dealkylation sites (tertiary alicyclic amines) is 1. The smallest absolute Gasteiger partial charge is 0.263 e. The average Bonchev–Trinajstić information content (AvgIpc) is 2.94. The molecule has 1 saturated heterocycles. The Kier molecular flexibility index (Phi) is 7.74. The molecule has 2 N–H and O–H groups in total. The van der Waals surface area contributed by atoms with E-state index >= 15 is 0 Å². The van der Waals surface area contributed by atoms with Crippen LogP contribution in [0, 0.1) is 6.92 Å². The number of fused-ring (bicyclic) bond motifs is 1. The predicted octanol–water partition coefficient (Wildman–Crippen LogP) is 4.63. The normalized spacial score (nSPS) is 16.0. The minimum Gasteiger partial charge on any atom is -0.493 e. The molecule has 0 spiro atoms. The number of amides is 1. The van der Waals surface area contributed by atoms with Crippen molar-refractivity contribution in [2.24, 2.45) is 0 Å². The van der Waals surface area contributed by atoms with Gasteiger partial charge < -0.3 is 29.5 Å². The molecule has 10 heteroatoms. The molecule has 10 nitrogen and oxygen atoms in total. The largest absolute Gasteiger partial charge is 0.493 e. The minimum absolute atomic E-state index is 0.166. The lowest BCUT2D eigenvalue weighted by Crippen LogP contribution is -2.47. The Balaban J connectivity index is 1.39. The van der Waals surface area contributed by atoms with Crippen molar-refractivity contribution >= 4 is 28.3 Å². The highest BCUT2D eigenvalue weighted by atomic mass is 16.5. The van der Waals surface area contributed by atoms with Gasteiger partial charge in [0.25, 0.3) is 5.91 Å². The van der Waals surface area contributed by atoms with E-state index in [1.54, 1.807) is 37.3 Å². The van der Waals surface area contributed by atoms with Crippen LogP contribution in [0.3, 0.4) is 0 Å².